The largest absolute Gasteiger partial charge is 0.281 e. The highest BCUT2D eigenvalue weighted by molar-refractivity contribution is 7.89. The molecule has 102 valence electrons. The second-order valence-electron chi connectivity index (χ2n) is 4.47. The van der Waals surface area contributed by atoms with Crippen molar-refractivity contribution in [2.45, 2.75) is 31.3 Å². The number of sulfonamides is 1. The molecule has 0 saturated heterocycles. The van der Waals surface area contributed by atoms with Gasteiger partial charge in [0.25, 0.3) is 10.0 Å². The Bertz CT molecular complexity index is 555. The molecule has 0 bridgehead atoms. The molecule has 0 amide bonds. The van der Waals surface area contributed by atoms with Gasteiger partial charge in [0.1, 0.15) is 4.90 Å². The molecular weight excluding hydrogens is 304 g/mol. The summed E-state index contributed by atoms with van der Waals surface area (Å²) in [4.78, 5) is 6.37. The number of nitrogens with one attached hydrogen (secondary N) is 1. The van der Waals surface area contributed by atoms with Crippen LogP contribution in [0.3, 0.4) is 0 Å². The van der Waals surface area contributed by atoms with E-state index in [4.69, 9.17) is 28.0 Å². The summed E-state index contributed by atoms with van der Waals surface area (Å²) in [5.74, 6) is -0.989. The molecule has 1 rings (SSSR count). The third-order valence-corrected chi connectivity index (χ3v) is 3.74. The van der Waals surface area contributed by atoms with Gasteiger partial charge < -0.3 is 0 Å². The number of halogens is 3. The Morgan fingerprint density at radius 3 is 2.33 bits per heavy atom. The van der Waals surface area contributed by atoms with Crippen LogP contribution in [-0.2, 0) is 14.9 Å². The normalized spacial score (nSPS) is 12.8. The van der Waals surface area contributed by atoms with Crippen LogP contribution < -0.4 is 4.89 Å². The molecule has 0 fully saturated rings. The topological polar surface area (TPSA) is 55.4 Å². The summed E-state index contributed by atoms with van der Waals surface area (Å²) in [7, 11) is -4.07. The van der Waals surface area contributed by atoms with Gasteiger partial charge in [-0.1, -0.05) is 28.1 Å². The van der Waals surface area contributed by atoms with Gasteiger partial charge in [0.2, 0.25) is 0 Å². The van der Waals surface area contributed by atoms with E-state index in [1.807, 2.05) is 4.89 Å². The third kappa shape index (κ3) is 3.80. The lowest BCUT2D eigenvalue weighted by atomic mass is 10.2. The summed E-state index contributed by atoms with van der Waals surface area (Å²) in [5.41, 5.74) is -0.732. The Morgan fingerprint density at radius 2 is 1.83 bits per heavy atom. The molecule has 0 heterocycles. The van der Waals surface area contributed by atoms with E-state index in [1.54, 1.807) is 20.8 Å². The van der Waals surface area contributed by atoms with Crippen molar-refractivity contribution < 1.29 is 17.6 Å². The highest BCUT2D eigenvalue weighted by atomic mass is 35.5. The van der Waals surface area contributed by atoms with Gasteiger partial charge in [0.05, 0.1) is 15.6 Å². The van der Waals surface area contributed by atoms with Crippen LogP contribution in [0.1, 0.15) is 20.8 Å². The smallest absolute Gasteiger partial charge is 0.264 e. The Balaban J connectivity index is 3.11. The molecule has 1 aromatic carbocycles. The van der Waals surface area contributed by atoms with Crippen molar-refractivity contribution in [3.05, 3.63) is 28.0 Å². The van der Waals surface area contributed by atoms with Crippen molar-refractivity contribution >= 4 is 33.2 Å². The average molecular weight is 316 g/mol. The van der Waals surface area contributed by atoms with Gasteiger partial charge in [-0.15, -0.1) is 0 Å². The number of hydrogen-bond acceptors (Lipinski definition) is 3. The summed E-state index contributed by atoms with van der Waals surface area (Å²) in [5, 5.41) is -0.830. The molecule has 4 nitrogen and oxygen atoms in total. The van der Waals surface area contributed by atoms with Crippen LogP contribution in [-0.4, -0.2) is 14.0 Å². The minimum atomic E-state index is -4.07. The van der Waals surface area contributed by atoms with E-state index in [9.17, 15) is 12.8 Å². The van der Waals surface area contributed by atoms with Gasteiger partial charge in [-0.05, 0) is 32.9 Å². The molecule has 0 radical (unpaired) electrons. The SMILES string of the molecule is CC(C)(C)ONS(=O)(=O)c1ccc(Cl)c(F)c1Cl. The number of hydrogen-bond donors (Lipinski definition) is 1. The Kier molecular flexibility index (Phi) is 4.61. The van der Waals surface area contributed by atoms with E-state index in [2.05, 4.69) is 0 Å². The standard InChI is InChI=1S/C10H12Cl2FNO3S/c1-10(2,3)17-14-18(15,16)7-5-4-6(11)9(13)8(7)12/h4-5,14H,1-3H3. The number of rotatable bonds is 3. The first-order valence-electron chi connectivity index (χ1n) is 4.88. The van der Waals surface area contributed by atoms with E-state index in [0.717, 1.165) is 12.1 Å². The molecule has 0 aliphatic carbocycles. The summed E-state index contributed by atoms with van der Waals surface area (Å²) < 4.78 is 37.1. The first kappa shape index (κ1) is 15.7. The van der Waals surface area contributed by atoms with Crippen LogP contribution in [0.25, 0.3) is 0 Å². The minimum absolute atomic E-state index is 0.254. The van der Waals surface area contributed by atoms with E-state index in [-0.39, 0.29) is 5.02 Å². The van der Waals surface area contributed by atoms with Crippen LogP contribution in [0.2, 0.25) is 10.0 Å². The second kappa shape index (κ2) is 5.30. The molecule has 0 atom stereocenters. The predicted molar refractivity (Wildman–Crippen MR) is 67.6 cm³/mol. The zero-order valence-corrected chi connectivity index (χ0v) is 12.2. The molecule has 0 saturated carbocycles. The maximum absolute atomic E-state index is 13.4. The Labute approximate surface area is 115 Å². The quantitative estimate of drug-likeness (QED) is 0.688. The number of benzene rings is 1. The summed E-state index contributed by atoms with van der Waals surface area (Å²) in [6, 6.07) is 2.20. The molecule has 0 unspecified atom stereocenters. The molecular formula is C10H12Cl2FNO3S. The van der Waals surface area contributed by atoms with Crippen molar-refractivity contribution in [2.24, 2.45) is 0 Å². The molecule has 1 N–H and O–H groups in total. The molecule has 8 heteroatoms. The highest BCUT2D eigenvalue weighted by Crippen LogP contribution is 2.29. The predicted octanol–water partition coefficient (Wildman–Crippen LogP) is 3.14. The van der Waals surface area contributed by atoms with Crippen molar-refractivity contribution in [3.8, 4) is 0 Å². The van der Waals surface area contributed by atoms with Crippen molar-refractivity contribution in [1.82, 2.24) is 4.89 Å². The zero-order chi connectivity index (χ0) is 14.1. The van der Waals surface area contributed by atoms with E-state index in [1.165, 1.54) is 0 Å². The van der Waals surface area contributed by atoms with Crippen LogP contribution in [0, 0.1) is 5.82 Å². The van der Waals surface area contributed by atoms with Gasteiger partial charge in [-0.3, -0.25) is 4.84 Å². The molecule has 0 aromatic heterocycles. The first-order chi connectivity index (χ1) is 8.04. The lowest BCUT2D eigenvalue weighted by molar-refractivity contribution is -0.0357. The van der Waals surface area contributed by atoms with Gasteiger partial charge in [-0.2, -0.15) is 0 Å². The molecule has 0 spiro atoms. The zero-order valence-electron chi connectivity index (χ0n) is 9.92. The van der Waals surface area contributed by atoms with Crippen LogP contribution >= 0.6 is 23.2 Å². The Hall–Kier alpha value is -0.400. The molecule has 0 aliphatic rings. The van der Waals surface area contributed by atoms with Crippen LogP contribution in [0.5, 0.6) is 0 Å². The van der Waals surface area contributed by atoms with Gasteiger partial charge in [0.15, 0.2) is 5.82 Å². The Morgan fingerprint density at radius 1 is 1.28 bits per heavy atom. The fourth-order valence-electron chi connectivity index (χ4n) is 0.940. The fourth-order valence-corrected chi connectivity index (χ4v) is 2.64. The minimum Gasteiger partial charge on any atom is -0.281 e. The van der Waals surface area contributed by atoms with Crippen molar-refractivity contribution in [1.29, 1.82) is 0 Å². The van der Waals surface area contributed by atoms with Crippen molar-refractivity contribution in [3.63, 3.8) is 0 Å². The van der Waals surface area contributed by atoms with Crippen LogP contribution in [0.15, 0.2) is 17.0 Å². The fraction of sp³-hybridized carbons (Fsp3) is 0.400. The first-order valence-corrected chi connectivity index (χ1v) is 7.12. The highest BCUT2D eigenvalue weighted by Gasteiger charge is 2.24. The van der Waals surface area contributed by atoms with Gasteiger partial charge in [-0.25, -0.2) is 12.8 Å². The van der Waals surface area contributed by atoms with E-state index < -0.39 is 31.4 Å². The summed E-state index contributed by atoms with van der Waals surface area (Å²) in [6.45, 7) is 4.96. The van der Waals surface area contributed by atoms with Crippen molar-refractivity contribution in [2.75, 3.05) is 0 Å². The maximum atomic E-state index is 13.4. The van der Waals surface area contributed by atoms with Gasteiger partial charge in [0, 0.05) is 0 Å². The second-order valence-corrected chi connectivity index (χ2v) is 6.87. The monoisotopic (exact) mass is 315 g/mol. The lowest BCUT2D eigenvalue weighted by Gasteiger charge is -2.19. The molecule has 18 heavy (non-hydrogen) atoms. The van der Waals surface area contributed by atoms with Gasteiger partial charge >= 0.3 is 0 Å². The van der Waals surface area contributed by atoms with E-state index in [0.29, 0.717) is 0 Å². The molecule has 1 aromatic rings. The average Bonchev–Trinajstić information content (AvgIpc) is 2.22. The van der Waals surface area contributed by atoms with Crippen LogP contribution in [0.4, 0.5) is 4.39 Å². The summed E-state index contributed by atoms with van der Waals surface area (Å²) >= 11 is 11.1. The summed E-state index contributed by atoms with van der Waals surface area (Å²) in [6.07, 6.45) is 0. The third-order valence-electron chi connectivity index (χ3n) is 1.75. The molecule has 0 aliphatic heterocycles. The maximum Gasteiger partial charge on any atom is 0.264 e. The lowest BCUT2D eigenvalue weighted by Crippen LogP contribution is -2.33. The van der Waals surface area contributed by atoms with E-state index >= 15 is 0 Å².